The highest BCUT2D eigenvalue weighted by atomic mass is 19.1. The molecule has 0 N–H and O–H groups in total. The Morgan fingerprint density at radius 1 is 1.35 bits per heavy atom. The second kappa shape index (κ2) is 5.43. The van der Waals surface area contributed by atoms with Crippen molar-refractivity contribution in [2.75, 3.05) is 0 Å². The molecule has 4 nitrogen and oxygen atoms in total. The summed E-state index contributed by atoms with van der Waals surface area (Å²) in [5.41, 5.74) is -0.416. The van der Waals surface area contributed by atoms with Gasteiger partial charge in [0, 0.05) is 5.56 Å². The molecule has 0 radical (unpaired) electrons. The average molecular weight is 239 g/mol. The third kappa shape index (κ3) is 5.10. The van der Waals surface area contributed by atoms with Gasteiger partial charge in [0.25, 0.3) is 0 Å². The van der Waals surface area contributed by atoms with E-state index in [-0.39, 0.29) is 5.56 Å². The monoisotopic (exact) mass is 239 g/mol. The van der Waals surface area contributed by atoms with E-state index < -0.39 is 17.6 Å². The predicted molar refractivity (Wildman–Crippen MR) is 61.3 cm³/mol. The molecule has 5 heteroatoms. The largest absolute Gasteiger partial charge is 0.535 e. The summed E-state index contributed by atoms with van der Waals surface area (Å²) in [7, 11) is 0. The highest BCUT2D eigenvalue weighted by molar-refractivity contribution is 5.79. The SMILES string of the molecule is CC(C)(C)OC(=O)O/N=C/c1ccccc1F. The van der Waals surface area contributed by atoms with Gasteiger partial charge in [0.05, 0.1) is 6.21 Å². The topological polar surface area (TPSA) is 47.9 Å². The van der Waals surface area contributed by atoms with Gasteiger partial charge < -0.3 is 4.74 Å². The van der Waals surface area contributed by atoms with Gasteiger partial charge in [-0.25, -0.2) is 9.18 Å². The van der Waals surface area contributed by atoms with E-state index in [9.17, 15) is 9.18 Å². The Balaban J connectivity index is 2.51. The first-order chi connectivity index (χ1) is 7.88. The Bertz CT molecular complexity index is 424. The van der Waals surface area contributed by atoms with Gasteiger partial charge in [0.1, 0.15) is 11.4 Å². The maximum Gasteiger partial charge on any atom is 0.535 e. The first-order valence-electron chi connectivity index (χ1n) is 5.06. The molecule has 0 heterocycles. The first-order valence-corrected chi connectivity index (χ1v) is 5.06. The van der Waals surface area contributed by atoms with Crippen LogP contribution in [0.5, 0.6) is 0 Å². The van der Waals surface area contributed by atoms with Crippen LogP contribution in [0, 0.1) is 5.82 Å². The summed E-state index contributed by atoms with van der Waals surface area (Å²) >= 11 is 0. The smallest absolute Gasteiger partial charge is 0.427 e. The standard InChI is InChI=1S/C12H14FNO3/c1-12(2,3)16-11(15)17-14-8-9-6-4-5-7-10(9)13/h4-8H,1-3H3/b14-8+. The van der Waals surface area contributed by atoms with Gasteiger partial charge >= 0.3 is 6.16 Å². The van der Waals surface area contributed by atoms with Crippen LogP contribution in [-0.2, 0) is 9.57 Å². The molecule has 0 unspecified atom stereocenters. The molecule has 0 aliphatic rings. The third-order valence-corrected chi connectivity index (χ3v) is 1.61. The maximum absolute atomic E-state index is 13.1. The summed E-state index contributed by atoms with van der Waals surface area (Å²) < 4.78 is 18.0. The van der Waals surface area contributed by atoms with Crippen LogP contribution < -0.4 is 0 Å². The van der Waals surface area contributed by atoms with Gasteiger partial charge in [-0.2, -0.15) is 0 Å². The number of oxime groups is 1. The molecule has 0 aliphatic carbocycles. The van der Waals surface area contributed by atoms with Gasteiger partial charge in [-0.05, 0) is 26.8 Å². The number of ether oxygens (including phenoxy) is 1. The molecule has 17 heavy (non-hydrogen) atoms. The van der Waals surface area contributed by atoms with Crippen LogP contribution in [0.15, 0.2) is 29.4 Å². The van der Waals surface area contributed by atoms with Crippen LogP contribution in [0.25, 0.3) is 0 Å². The van der Waals surface area contributed by atoms with Gasteiger partial charge in [-0.1, -0.05) is 23.4 Å². The van der Waals surface area contributed by atoms with Gasteiger partial charge in [0.2, 0.25) is 0 Å². The predicted octanol–water partition coefficient (Wildman–Crippen LogP) is 3.11. The zero-order valence-corrected chi connectivity index (χ0v) is 9.94. The number of benzene rings is 1. The lowest BCUT2D eigenvalue weighted by molar-refractivity contribution is -0.00591. The molecule has 0 aromatic heterocycles. The molecule has 1 rings (SSSR count). The molecule has 0 amide bonds. The lowest BCUT2D eigenvalue weighted by Crippen LogP contribution is -2.23. The molecule has 0 saturated carbocycles. The van der Waals surface area contributed by atoms with Crippen LogP contribution in [0.4, 0.5) is 9.18 Å². The van der Waals surface area contributed by atoms with E-state index in [4.69, 9.17) is 4.74 Å². The second-order valence-electron chi connectivity index (χ2n) is 4.31. The van der Waals surface area contributed by atoms with Gasteiger partial charge in [-0.15, -0.1) is 0 Å². The van der Waals surface area contributed by atoms with E-state index in [1.807, 2.05) is 0 Å². The Labute approximate surface area is 99.0 Å². The average Bonchev–Trinajstić information content (AvgIpc) is 2.18. The second-order valence-corrected chi connectivity index (χ2v) is 4.31. The van der Waals surface area contributed by atoms with Crippen molar-refractivity contribution in [3.63, 3.8) is 0 Å². The number of rotatable bonds is 2. The molecule has 0 atom stereocenters. The van der Waals surface area contributed by atoms with Crippen LogP contribution in [-0.4, -0.2) is 18.0 Å². The lowest BCUT2D eigenvalue weighted by atomic mass is 10.2. The van der Waals surface area contributed by atoms with Crippen LogP contribution in [0.1, 0.15) is 26.3 Å². The number of hydrogen-bond donors (Lipinski definition) is 0. The summed E-state index contributed by atoms with van der Waals surface area (Å²) in [6, 6.07) is 6.01. The normalized spacial score (nSPS) is 11.5. The molecule has 92 valence electrons. The molecule has 0 saturated heterocycles. The van der Waals surface area contributed by atoms with E-state index >= 15 is 0 Å². The molecule has 1 aromatic carbocycles. The van der Waals surface area contributed by atoms with Crippen molar-refractivity contribution in [1.82, 2.24) is 0 Å². The fraction of sp³-hybridized carbons (Fsp3) is 0.333. The Hall–Kier alpha value is -1.91. The van der Waals surface area contributed by atoms with Gasteiger partial charge in [0.15, 0.2) is 0 Å². The van der Waals surface area contributed by atoms with Crippen molar-refractivity contribution in [2.24, 2.45) is 5.16 Å². The fourth-order valence-electron chi connectivity index (χ4n) is 0.975. The number of hydrogen-bond acceptors (Lipinski definition) is 4. The zero-order valence-electron chi connectivity index (χ0n) is 9.94. The maximum atomic E-state index is 13.1. The molecule has 0 spiro atoms. The number of carbonyl (C=O) groups excluding carboxylic acids is 1. The molecule has 1 aromatic rings. The first kappa shape index (κ1) is 13.2. The third-order valence-electron chi connectivity index (χ3n) is 1.61. The highest BCUT2D eigenvalue weighted by Gasteiger charge is 2.17. The minimum atomic E-state index is -0.926. The Morgan fingerprint density at radius 2 is 2.00 bits per heavy atom. The Kier molecular flexibility index (Phi) is 4.20. The van der Waals surface area contributed by atoms with Crippen LogP contribution >= 0.6 is 0 Å². The van der Waals surface area contributed by atoms with Crippen molar-refractivity contribution < 1.29 is 18.8 Å². The van der Waals surface area contributed by atoms with Crippen molar-refractivity contribution in [2.45, 2.75) is 26.4 Å². The van der Waals surface area contributed by atoms with E-state index in [1.54, 1.807) is 32.9 Å². The molecule has 0 fully saturated rings. The number of carbonyl (C=O) groups is 1. The van der Waals surface area contributed by atoms with Crippen molar-refractivity contribution in [1.29, 1.82) is 0 Å². The molecular formula is C12H14FNO3. The molecule has 0 aliphatic heterocycles. The molecular weight excluding hydrogens is 225 g/mol. The fourth-order valence-corrected chi connectivity index (χ4v) is 0.975. The quantitative estimate of drug-likeness (QED) is 0.345. The summed E-state index contributed by atoms with van der Waals surface area (Å²) in [6.07, 6.45) is 0.185. The van der Waals surface area contributed by atoms with Crippen molar-refractivity contribution in [3.05, 3.63) is 35.6 Å². The summed E-state index contributed by atoms with van der Waals surface area (Å²) in [5.74, 6) is -0.441. The minimum absolute atomic E-state index is 0.232. The summed E-state index contributed by atoms with van der Waals surface area (Å²) in [5, 5.41) is 3.35. The summed E-state index contributed by atoms with van der Waals surface area (Å²) in [6.45, 7) is 5.11. The van der Waals surface area contributed by atoms with Crippen molar-refractivity contribution in [3.8, 4) is 0 Å². The zero-order chi connectivity index (χ0) is 12.9. The van der Waals surface area contributed by atoms with E-state index in [0.717, 1.165) is 6.21 Å². The minimum Gasteiger partial charge on any atom is -0.427 e. The van der Waals surface area contributed by atoms with Crippen LogP contribution in [0.2, 0.25) is 0 Å². The van der Waals surface area contributed by atoms with Crippen LogP contribution in [0.3, 0.4) is 0 Å². The highest BCUT2D eigenvalue weighted by Crippen LogP contribution is 2.08. The lowest BCUT2D eigenvalue weighted by Gasteiger charge is -2.16. The van der Waals surface area contributed by atoms with E-state index in [0.29, 0.717) is 0 Å². The molecule has 0 bridgehead atoms. The number of nitrogens with zero attached hydrogens (tertiary/aromatic N) is 1. The van der Waals surface area contributed by atoms with E-state index in [2.05, 4.69) is 9.99 Å². The van der Waals surface area contributed by atoms with Crippen molar-refractivity contribution >= 4 is 12.4 Å². The number of halogens is 1. The van der Waals surface area contributed by atoms with E-state index in [1.165, 1.54) is 12.1 Å². The Morgan fingerprint density at radius 3 is 2.59 bits per heavy atom. The van der Waals surface area contributed by atoms with Gasteiger partial charge in [-0.3, -0.25) is 4.84 Å². The summed E-state index contributed by atoms with van der Waals surface area (Å²) in [4.78, 5) is 15.5.